The number of amides is 1. The summed E-state index contributed by atoms with van der Waals surface area (Å²) in [5.74, 6) is -0.447. The number of hydrogen-bond donors (Lipinski definition) is 3. The van der Waals surface area contributed by atoms with Gasteiger partial charge in [0.1, 0.15) is 6.17 Å². The SMILES string of the molecule is C=C/C=C(\C=C/C)N1CCN(C(N)=NC(=O)C(N)N)CC1. The van der Waals surface area contributed by atoms with Gasteiger partial charge in [-0.1, -0.05) is 18.7 Å². The van der Waals surface area contributed by atoms with Gasteiger partial charge in [0.2, 0.25) is 0 Å². The zero-order valence-corrected chi connectivity index (χ0v) is 12.4. The maximum Gasteiger partial charge on any atom is 0.280 e. The van der Waals surface area contributed by atoms with E-state index in [1.54, 1.807) is 6.08 Å². The average molecular weight is 292 g/mol. The number of allylic oxidation sites excluding steroid dienone is 4. The predicted molar refractivity (Wildman–Crippen MR) is 85.0 cm³/mol. The van der Waals surface area contributed by atoms with Gasteiger partial charge in [-0.05, 0) is 19.1 Å². The quantitative estimate of drug-likeness (QED) is 0.274. The smallest absolute Gasteiger partial charge is 0.280 e. The molecule has 0 aromatic heterocycles. The second kappa shape index (κ2) is 8.23. The van der Waals surface area contributed by atoms with E-state index in [0.717, 1.165) is 18.8 Å². The minimum absolute atomic E-state index is 0.167. The Morgan fingerprint density at radius 3 is 2.29 bits per heavy atom. The summed E-state index contributed by atoms with van der Waals surface area (Å²) in [5, 5.41) is 0. The van der Waals surface area contributed by atoms with E-state index >= 15 is 0 Å². The van der Waals surface area contributed by atoms with Crippen LogP contribution in [0, 0.1) is 0 Å². The van der Waals surface area contributed by atoms with Crippen LogP contribution in [0.4, 0.5) is 0 Å². The van der Waals surface area contributed by atoms with Gasteiger partial charge in [0.15, 0.2) is 5.96 Å². The lowest BCUT2D eigenvalue weighted by molar-refractivity contribution is -0.118. The fraction of sp³-hybridized carbons (Fsp3) is 0.429. The van der Waals surface area contributed by atoms with Crippen LogP contribution in [0.15, 0.2) is 41.6 Å². The van der Waals surface area contributed by atoms with Crippen LogP contribution < -0.4 is 17.2 Å². The van der Waals surface area contributed by atoms with Gasteiger partial charge in [-0.2, -0.15) is 4.99 Å². The number of carbonyl (C=O) groups excluding carboxylic acids is 1. The van der Waals surface area contributed by atoms with Crippen LogP contribution in [0.3, 0.4) is 0 Å². The van der Waals surface area contributed by atoms with Crippen LogP contribution >= 0.6 is 0 Å². The van der Waals surface area contributed by atoms with Gasteiger partial charge in [-0.3, -0.25) is 4.79 Å². The molecule has 1 saturated heterocycles. The molecule has 7 heteroatoms. The van der Waals surface area contributed by atoms with E-state index in [9.17, 15) is 4.79 Å². The molecule has 7 nitrogen and oxygen atoms in total. The Hall–Kier alpha value is -2.12. The summed E-state index contributed by atoms with van der Waals surface area (Å²) in [5.41, 5.74) is 17.4. The van der Waals surface area contributed by atoms with Crippen molar-refractivity contribution in [3.63, 3.8) is 0 Å². The molecule has 0 aliphatic carbocycles. The number of rotatable bonds is 4. The fourth-order valence-electron chi connectivity index (χ4n) is 2.01. The molecule has 0 saturated carbocycles. The van der Waals surface area contributed by atoms with Crippen molar-refractivity contribution in [2.75, 3.05) is 26.2 Å². The minimum atomic E-state index is -1.12. The predicted octanol–water partition coefficient (Wildman–Crippen LogP) is -0.665. The molecule has 1 heterocycles. The molecule has 1 aliphatic rings. The first-order valence-corrected chi connectivity index (χ1v) is 6.84. The number of carbonyl (C=O) groups is 1. The molecule has 1 rings (SSSR count). The van der Waals surface area contributed by atoms with Gasteiger partial charge >= 0.3 is 0 Å². The molecule has 0 bridgehead atoms. The molecule has 0 aromatic rings. The van der Waals surface area contributed by atoms with Crippen LogP contribution in [0.5, 0.6) is 0 Å². The topological polar surface area (TPSA) is 114 Å². The molecule has 0 radical (unpaired) electrons. The number of nitrogens with two attached hydrogens (primary N) is 3. The van der Waals surface area contributed by atoms with E-state index in [-0.39, 0.29) is 5.96 Å². The van der Waals surface area contributed by atoms with E-state index in [1.807, 2.05) is 30.1 Å². The van der Waals surface area contributed by atoms with E-state index in [2.05, 4.69) is 16.5 Å². The summed E-state index contributed by atoms with van der Waals surface area (Å²) in [7, 11) is 0. The Labute approximate surface area is 125 Å². The van der Waals surface area contributed by atoms with Gasteiger partial charge in [0, 0.05) is 31.9 Å². The molecular weight excluding hydrogens is 268 g/mol. The Bertz CT molecular complexity index is 458. The molecule has 116 valence electrons. The third-order valence-corrected chi connectivity index (χ3v) is 3.10. The van der Waals surface area contributed by atoms with Crippen molar-refractivity contribution in [3.05, 3.63) is 36.6 Å². The third kappa shape index (κ3) is 5.05. The fourth-order valence-corrected chi connectivity index (χ4v) is 2.01. The lowest BCUT2D eigenvalue weighted by atomic mass is 10.2. The molecule has 0 unspecified atom stereocenters. The van der Waals surface area contributed by atoms with Crippen molar-refractivity contribution >= 4 is 11.9 Å². The van der Waals surface area contributed by atoms with E-state index in [4.69, 9.17) is 17.2 Å². The van der Waals surface area contributed by atoms with Crippen LogP contribution in [-0.2, 0) is 4.79 Å². The van der Waals surface area contributed by atoms with E-state index in [1.165, 1.54) is 0 Å². The first-order valence-electron chi connectivity index (χ1n) is 6.84. The number of hydrogen-bond acceptors (Lipinski definition) is 4. The van der Waals surface area contributed by atoms with E-state index < -0.39 is 12.1 Å². The summed E-state index contributed by atoms with van der Waals surface area (Å²) < 4.78 is 0. The number of piperazine rings is 1. The van der Waals surface area contributed by atoms with E-state index in [0.29, 0.717) is 13.1 Å². The van der Waals surface area contributed by atoms with Gasteiger partial charge in [0.05, 0.1) is 0 Å². The van der Waals surface area contributed by atoms with Crippen LogP contribution in [-0.4, -0.2) is 54.0 Å². The lowest BCUT2D eigenvalue weighted by Crippen LogP contribution is -2.51. The largest absolute Gasteiger partial charge is 0.369 e. The van der Waals surface area contributed by atoms with Gasteiger partial charge < -0.3 is 27.0 Å². The summed E-state index contributed by atoms with van der Waals surface area (Å²) in [4.78, 5) is 19.1. The Morgan fingerprint density at radius 1 is 1.24 bits per heavy atom. The standard InChI is InChI=1S/C14H24N6O/c1-3-5-11(6-4-2)19-7-9-20(10-8-19)14(17)18-13(21)12(15)16/h3-6,12H,1,7-10,15-16H2,2H3,(H2,17,18,21)/b6-4-,11-5+. The number of nitrogens with zero attached hydrogens (tertiary/aromatic N) is 3. The normalized spacial score (nSPS) is 17.7. The molecule has 6 N–H and O–H groups in total. The summed E-state index contributed by atoms with van der Waals surface area (Å²) in [6, 6.07) is 0. The van der Waals surface area contributed by atoms with Gasteiger partial charge in [-0.15, -0.1) is 0 Å². The van der Waals surface area contributed by atoms with Crippen LogP contribution in [0.25, 0.3) is 0 Å². The summed E-state index contributed by atoms with van der Waals surface area (Å²) in [6.07, 6.45) is 6.62. The second-order valence-electron chi connectivity index (χ2n) is 4.64. The zero-order chi connectivity index (χ0) is 15.8. The third-order valence-electron chi connectivity index (χ3n) is 3.10. The van der Waals surface area contributed by atoms with Crippen molar-refractivity contribution in [2.45, 2.75) is 13.1 Å². The Morgan fingerprint density at radius 2 is 1.81 bits per heavy atom. The maximum atomic E-state index is 11.4. The highest BCUT2D eigenvalue weighted by Crippen LogP contribution is 2.11. The first kappa shape index (κ1) is 16.9. The second-order valence-corrected chi connectivity index (χ2v) is 4.64. The number of guanidine groups is 1. The molecule has 1 fully saturated rings. The zero-order valence-electron chi connectivity index (χ0n) is 12.4. The molecule has 1 amide bonds. The van der Waals surface area contributed by atoms with Crippen molar-refractivity contribution < 1.29 is 4.79 Å². The van der Waals surface area contributed by atoms with Crippen molar-refractivity contribution in [3.8, 4) is 0 Å². The molecule has 1 aliphatic heterocycles. The molecule has 0 aromatic carbocycles. The maximum absolute atomic E-state index is 11.4. The molecular formula is C14H24N6O. The highest BCUT2D eigenvalue weighted by atomic mass is 16.2. The average Bonchev–Trinajstić information content (AvgIpc) is 2.47. The summed E-state index contributed by atoms with van der Waals surface area (Å²) in [6.45, 7) is 8.61. The Kier molecular flexibility index (Phi) is 6.64. The highest BCUT2D eigenvalue weighted by molar-refractivity contribution is 5.94. The van der Waals surface area contributed by atoms with Crippen molar-refractivity contribution in [1.82, 2.24) is 9.80 Å². The van der Waals surface area contributed by atoms with Crippen molar-refractivity contribution in [2.24, 2.45) is 22.2 Å². The number of aliphatic imine (C=N–C) groups is 1. The lowest BCUT2D eigenvalue weighted by Gasteiger charge is -2.37. The van der Waals surface area contributed by atoms with Crippen LogP contribution in [0.2, 0.25) is 0 Å². The van der Waals surface area contributed by atoms with Gasteiger partial charge in [0.25, 0.3) is 5.91 Å². The monoisotopic (exact) mass is 292 g/mol. The molecule has 21 heavy (non-hydrogen) atoms. The van der Waals surface area contributed by atoms with Crippen LogP contribution in [0.1, 0.15) is 6.92 Å². The highest BCUT2D eigenvalue weighted by Gasteiger charge is 2.20. The Balaban J connectivity index is 2.65. The van der Waals surface area contributed by atoms with Gasteiger partial charge in [-0.25, -0.2) is 0 Å². The minimum Gasteiger partial charge on any atom is -0.369 e. The molecule has 0 atom stereocenters. The summed E-state index contributed by atoms with van der Waals surface area (Å²) >= 11 is 0. The first-order chi connectivity index (χ1) is 9.99. The molecule has 0 spiro atoms. The van der Waals surface area contributed by atoms with Crippen molar-refractivity contribution in [1.29, 1.82) is 0 Å².